The molecule has 2 N–H and O–H groups in total. The summed E-state index contributed by atoms with van der Waals surface area (Å²) in [6.07, 6.45) is -5.47. The molecule has 1 rings (SSSR count). The molecule has 0 saturated heterocycles. The molecule has 2 amide bonds. The van der Waals surface area contributed by atoms with Crippen LogP contribution in [0.25, 0.3) is 0 Å². The van der Waals surface area contributed by atoms with Crippen molar-refractivity contribution < 1.29 is 32.7 Å². The monoisotopic (exact) mass is 366 g/mol. The number of carbonyl (C=O) groups excluding carboxylic acids is 2. The lowest BCUT2D eigenvalue weighted by atomic mass is 10.2. The summed E-state index contributed by atoms with van der Waals surface area (Å²) < 4.78 is 36.0. The van der Waals surface area contributed by atoms with Gasteiger partial charge < -0.3 is 15.3 Å². The maximum absolute atomic E-state index is 12.0. The molecule has 6 nitrogen and oxygen atoms in total. The number of alkyl halides is 3. The average Bonchev–Trinajstić information content (AvgIpc) is 2.45. The minimum Gasteiger partial charge on any atom is -0.480 e. The zero-order valence-corrected chi connectivity index (χ0v) is 13.0. The second kappa shape index (κ2) is 8.53. The largest absolute Gasteiger partial charge is 0.480 e. The van der Waals surface area contributed by atoms with E-state index in [0.29, 0.717) is 10.6 Å². The van der Waals surface area contributed by atoms with Crippen molar-refractivity contribution in [3.8, 4) is 0 Å². The Hall–Kier alpha value is -2.29. The Morgan fingerprint density at radius 1 is 1.17 bits per heavy atom. The van der Waals surface area contributed by atoms with Crippen LogP contribution < -0.4 is 5.32 Å². The first-order chi connectivity index (χ1) is 11.1. The number of halogens is 4. The van der Waals surface area contributed by atoms with Crippen LogP contribution in [-0.4, -0.2) is 47.1 Å². The van der Waals surface area contributed by atoms with Gasteiger partial charge in [-0.05, 0) is 17.7 Å². The number of hydrogen-bond acceptors (Lipinski definition) is 3. The van der Waals surface area contributed by atoms with E-state index in [0.717, 1.165) is 4.90 Å². The number of benzene rings is 1. The number of carbonyl (C=O) groups is 3. The van der Waals surface area contributed by atoms with Gasteiger partial charge in [0.1, 0.15) is 19.5 Å². The molecule has 0 saturated carbocycles. The van der Waals surface area contributed by atoms with E-state index >= 15 is 0 Å². The highest BCUT2D eigenvalue weighted by molar-refractivity contribution is 6.30. The van der Waals surface area contributed by atoms with Crippen LogP contribution in [0, 0.1) is 0 Å². The molecule has 0 unspecified atom stereocenters. The molecule has 0 radical (unpaired) electrons. The smallest absolute Gasteiger partial charge is 0.405 e. The van der Waals surface area contributed by atoms with E-state index in [1.807, 2.05) is 0 Å². The van der Waals surface area contributed by atoms with E-state index in [-0.39, 0.29) is 6.54 Å². The van der Waals surface area contributed by atoms with Gasteiger partial charge in [-0.3, -0.25) is 14.4 Å². The Labute approximate surface area is 140 Å². The van der Waals surface area contributed by atoms with Gasteiger partial charge in [0, 0.05) is 11.6 Å². The number of nitrogens with zero attached hydrogens (tertiary/aromatic N) is 1. The van der Waals surface area contributed by atoms with Gasteiger partial charge in [0.2, 0.25) is 11.8 Å². The first-order valence-electron chi connectivity index (χ1n) is 6.64. The molecule has 1 aromatic carbocycles. The van der Waals surface area contributed by atoms with Gasteiger partial charge in [-0.15, -0.1) is 0 Å². The van der Waals surface area contributed by atoms with Crippen molar-refractivity contribution in [1.82, 2.24) is 10.2 Å². The average molecular weight is 367 g/mol. The first kappa shape index (κ1) is 19.8. The fraction of sp³-hybridized carbons (Fsp3) is 0.357. The van der Waals surface area contributed by atoms with Gasteiger partial charge in [-0.1, -0.05) is 23.7 Å². The predicted octanol–water partition coefficient (Wildman–Crippen LogP) is 1.82. The summed E-state index contributed by atoms with van der Waals surface area (Å²) in [6.45, 7) is -2.36. The lowest BCUT2D eigenvalue weighted by Crippen LogP contribution is -2.40. The highest BCUT2D eigenvalue weighted by Crippen LogP contribution is 2.13. The van der Waals surface area contributed by atoms with Gasteiger partial charge in [0.15, 0.2) is 0 Å². The highest BCUT2D eigenvalue weighted by atomic mass is 35.5. The zero-order chi connectivity index (χ0) is 18.3. The molecule has 0 fully saturated rings. The Morgan fingerprint density at radius 2 is 1.75 bits per heavy atom. The van der Waals surface area contributed by atoms with Gasteiger partial charge >= 0.3 is 12.1 Å². The summed E-state index contributed by atoms with van der Waals surface area (Å²) in [4.78, 5) is 35.0. The van der Waals surface area contributed by atoms with Crippen LogP contribution in [0.5, 0.6) is 0 Å². The van der Waals surface area contributed by atoms with E-state index in [1.165, 1.54) is 12.1 Å². The van der Waals surface area contributed by atoms with Crippen LogP contribution in [0.4, 0.5) is 13.2 Å². The molecule has 0 atom stereocenters. The molecule has 24 heavy (non-hydrogen) atoms. The van der Waals surface area contributed by atoms with Crippen molar-refractivity contribution in [1.29, 1.82) is 0 Å². The Morgan fingerprint density at radius 3 is 2.25 bits per heavy atom. The molecule has 0 aliphatic carbocycles. The molecule has 132 valence electrons. The van der Waals surface area contributed by atoms with Crippen LogP contribution in [0.3, 0.4) is 0 Å². The number of hydrogen-bond donors (Lipinski definition) is 2. The second-order valence-electron chi connectivity index (χ2n) is 4.84. The lowest BCUT2D eigenvalue weighted by Gasteiger charge is -2.21. The summed E-state index contributed by atoms with van der Waals surface area (Å²) in [5.41, 5.74) is 0.560. The predicted molar refractivity (Wildman–Crippen MR) is 78.2 cm³/mol. The Balaban J connectivity index is 2.69. The summed E-state index contributed by atoms with van der Waals surface area (Å²) in [5, 5.41) is 10.8. The third-order valence-corrected chi connectivity index (χ3v) is 3.02. The number of rotatable bonds is 7. The summed E-state index contributed by atoms with van der Waals surface area (Å²) in [5.74, 6) is -3.34. The quantitative estimate of drug-likeness (QED) is 0.721. The number of carboxylic acids is 1. The van der Waals surface area contributed by atoms with Crippen molar-refractivity contribution in [3.05, 3.63) is 34.9 Å². The topological polar surface area (TPSA) is 86.7 Å². The Bertz CT molecular complexity index is 605. The zero-order valence-electron chi connectivity index (χ0n) is 12.3. The fourth-order valence-corrected chi connectivity index (χ4v) is 1.84. The molecule has 0 aromatic heterocycles. The maximum atomic E-state index is 12.0. The van der Waals surface area contributed by atoms with Crippen LogP contribution >= 0.6 is 11.6 Å². The third kappa shape index (κ3) is 7.82. The van der Waals surface area contributed by atoms with E-state index in [2.05, 4.69) is 0 Å². The molecule has 0 bridgehead atoms. The van der Waals surface area contributed by atoms with Crippen molar-refractivity contribution in [2.24, 2.45) is 0 Å². The number of amides is 2. The molecule has 0 heterocycles. The van der Waals surface area contributed by atoms with Crippen LogP contribution in [0.1, 0.15) is 12.0 Å². The highest BCUT2D eigenvalue weighted by Gasteiger charge is 2.28. The maximum Gasteiger partial charge on any atom is 0.405 e. The van der Waals surface area contributed by atoms with Crippen molar-refractivity contribution >= 4 is 29.4 Å². The summed E-state index contributed by atoms with van der Waals surface area (Å²) >= 11 is 5.72. The number of carboxylic acid groups (broad SMARTS) is 1. The van der Waals surface area contributed by atoms with Crippen LogP contribution in [-0.2, 0) is 20.9 Å². The van der Waals surface area contributed by atoms with Gasteiger partial charge in [0.05, 0.1) is 0 Å². The molecule has 0 aliphatic heterocycles. The molecular weight excluding hydrogens is 353 g/mol. The minimum absolute atomic E-state index is 0.116. The Kier molecular flexibility index (Phi) is 7.02. The molecule has 0 spiro atoms. The lowest BCUT2D eigenvalue weighted by molar-refractivity contribution is -0.148. The normalized spacial score (nSPS) is 11.0. The molecule has 0 aliphatic rings. The van der Waals surface area contributed by atoms with Crippen molar-refractivity contribution in [2.45, 2.75) is 19.1 Å². The summed E-state index contributed by atoms with van der Waals surface area (Å²) in [7, 11) is 0. The SMILES string of the molecule is O=C(O)CN(Cc1ccc(Cl)cc1)C(=O)CC(=O)NCC(F)(F)F. The third-order valence-electron chi connectivity index (χ3n) is 2.76. The van der Waals surface area contributed by atoms with Gasteiger partial charge in [-0.2, -0.15) is 13.2 Å². The van der Waals surface area contributed by atoms with Crippen LogP contribution in [0.2, 0.25) is 5.02 Å². The first-order valence-corrected chi connectivity index (χ1v) is 7.02. The van der Waals surface area contributed by atoms with E-state index in [4.69, 9.17) is 16.7 Å². The number of nitrogens with one attached hydrogen (secondary N) is 1. The second-order valence-corrected chi connectivity index (χ2v) is 5.28. The standard InChI is InChI=1S/C14H14ClF3N2O4/c15-10-3-1-9(2-4-10)6-20(7-13(23)24)12(22)5-11(21)19-8-14(16,17)18/h1-4H,5-8H2,(H,19,21)(H,23,24). The van der Waals surface area contributed by atoms with Gasteiger partial charge in [-0.25, -0.2) is 0 Å². The van der Waals surface area contributed by atoms with Crippen molar-refractivity contribution in [3.63, 3.8) is 0 Å². The van der Waals surface area contributed by atoms with E-state index in [9.17, 15) is 27.6 Å². The fourth-order valence-electron chi connectivity index (χ4n) is 1.72. The van der Waals surface area contributed by atoms with Gasteiger partial charge in [0.25, 0.3) is 0 Å². The minimum atomic E-state index is -4.59. The van der Waals surface area contributed by atoms with Crippen molar-refractivity contribution in [2.75, 3.05) is 13.1 Å². The van der Waals surface area contributed by atoms with Crippen LogP contribution in [0.15, 0.2) is 24.3 Å². The molecule has 10 heteroatoms. The molecular formula is C14H14ClF3N2O4. The van der Waals surface area contributed by atoms with E-state index in [1.54, 1.807) is 17.4 Å². The molecule has 1 aromatic rings. The number of aliphatic carboxylic acids is 1. The van der Waals surface area contributed by atoms with E-state index < -0.39 is 43.5 Å². The summed E-state index contributed by atoms with van der Waals surface area (Å²) in [6, 6.07) is 6.20.